The Bertz CT molecular complexity index is 1280. The van der Waals surface area contributed by atoms with Crippen molar-refractivity contribution >= 4 is 5.69 Å². The molecular formula is C35H48N6. The number of hydrogen-bond donors (Lipinski definition) is 4. The van der Waals surface area contributed by atoms with Crippen molar-refractivity contribution in [3.63, 3.8) is 0 Å². The normalized spacial score (nSPS) is 11.7. The Morgan fingerprint density at radius 1 is 1.12 bits per heavy atom. The molecule has 5 N–H and O–H groups in total. The lowest BCUT2D eigenvalue weighted by Gasteiger charge is -2.16. The molecule has 0 aliphatic carbocycles. The summed E-state index contributed by atoms with van der Waals surface area (Å²) in [5.41, 5.74) is 14.1. The van der Waals surface area contributed by atoms with E-state index in [0.717, 1.165) is 34.8 Å². The highest BCUT2D eigenvalue weighted by Crippen LogP contribution is 2.27. The van der Waals surface area contributed by atoms with E-state index < -0.39 is 0 Å². The fraction of sp³-hybridized carbons (Fsp3) is 0.229. The third-order valence-corrected chi connectivity index (χ3v) is 5.85. The number of benzene rings is 1. The number of anilines is 1. The molecular weight excluding hydrogens is 504 g/mol. The molecule has 1 aromatic heterocycles. The first-order chi connectivity index (χ1) is 19.7. The summed E-state index contributed by atoms with van der Waals surface area (Å²) < 4.78 is 2.12. The van der Waals surface area contributed by atoms with Crippen LogP contribution in [0.1, 0.15) is 55.6 Å². The van der Waals surface area contributed by atoms with Crippen LogP contribution in [0.2, 0.25) is 0 Å². The molecule has 2 rings (SSSR count). The predicted octanol–water partition coefficient (Wildman–Crippen LogP) is 7.86. The highest BCUT2D eigenvalue weighted by atomic mass is 15.3. The molecule has 1 aromatic carbocycles. The lowest BCUT2D eigenvalue weighted by atomic mass is 9.98. The first-order valence-electron chi connectivity index (χ1n) is 13.7. The molecule has 0 radical (unpaired) electrons. The summed E-state index contributed by atoms with van der Waals surface area (Å²) in [6.45, 7) is 28.4. The molecule has 6 nitrogen and oxygen atoms in total. The topological polar surface area (TPSA) is 79.9 Å². The van der Waals surface area contributed by atoms with Crippen LogP contribution in [0.25, 0.3) is 0 Å². The van der Waals surface area contributed by atoms with E-state index in [9.17, 15) is 0 Å². The Morgan fingerprint density at radius 3 is 2.49 bits per heavy atom. The first-order valence-corrected chi connectivity index (χ1v) is 13.7. The van der Waals surface area contributed by atoms with Gasteiger partial charge in [0.15, 0.2) is 0 Å². The quantitative estimate of drug-likeness (QED) is 0.159. The van der Waals surface area contributed by atoms with Gasteiger partial charge < -0.3 is 21.7 Å². The lowest BCUT2D eigenvalue weighted by molar-refractivity contribution is 0.593. The van der Waals surface area contributed by atoms with E-state index in [0.29, 0.717) is 19.0 Å². The molecule has 6 heteroatoms. The number of aromatic nitrogens is 2. The van der Waals surface area contributed by atoms with Crippen molar-refractivity contribution in [3.8, 4) is 0 Å². The van der Waals surface area contributed by atoms with Gasteiger partial charge in [0.1, 0.15) is 0 Å². The van der Waals surface area contributed by atoms with Gasteiger partial charge in [-0.1, -0.05) is 75.8 Å². The van der Waals surface area contributed by atoms with E-state index in [1.54, 1.807) is 24.6 Å². The molecule has 0 aliphatic heterocycles. The van der Waals surface area contributed by atoms with E-state index >= 15 is 0 Å². The zero-order chi connectivity index (χ0) is 30.6. The van der Waals surface area contributed by atoms with Crippen molar-refractivity contribution in [2.75, 3.05) is 5.32 Å². The zero-order valence-electron chi connectivity index (χ0n) is 25.3. The van der Waals surface area contributed by atoms with Crippen molar-refractivity contribution in [1.82, 2.24) is 20.4 Å². The van der Waals surface area contributed by atoms with E-state index in [4.69, 9.17) is 10.8 Å². The summed E-state index contributed by atoms with van der Waals surface area (Å²) in [6.07, 6.45) is 19.1. The Morgan fingerprint density at radius 2 is 1.88 bits per heavy atom. The molecule has 218 valence electrons. The summed E-state index contributed by atoms with van der Waals surface area (Å²) in [5.74, 6) is 0.303. The number of nitrogens with two attached hydrogens (primary N) is 1. The van der Waals surface area contributed by atoms with Crippen molar-refractivity contribution in [3.05, 3.63) is 158 Å². The van der Waals surface area contributed by atoms with Crippen LogP contribution in [0.5, 0.6) is 0 Å². The van der Waals surface area contributed by atoms with Gasteiger partial charge in [0.05, 0.1) is 12.2 Å². The van der Waals surface area contributed by atoms with Crippen LogP contribution in [0, 0.1) is 6.92 Å². The van der Waals surface area contributed by atoms with Crippen LogP contribution >= 0.6 is 0 Å². The van der Waals surface area contributed by atoms with Gasteiger partial charge in [0, 0.05) is 40.8 Å². The summed E-state index contributed by atoms with van der Waals surface area (Å²) >= 11 is 0. The van der Waals surface area contributed by atoms with Gasteiger partial charge in [0.25, 0.3) is 0 Å². The van der Waals surface area contributed by atoms with Crippen LogP contribution in [-0.2, 0) is 13.1 Å². The Labute approximate surface area is 247 Å². The maximum atomic E-state index is 5.42. The van der Waals surface area contributed by atoms with Gasteiger partial charge in [-0.3, -0.25) is 4.68 Å². The minimum atomic E-state index is 0.303. The molecule has 0 spiro atoms. The van der Waals surface area contributed by atoms with Gasteiger partial charge in [0.2, 0.25) is 0 Å². The van der Waals surface area contributed by atoms with Crippen molar-refractivity contribution in [1.29, 1.82) is 0 Å². The number of nitrogens with one attached hydrogen (secondary N) is 3. The molecule has 0 fully saturated rings. The minimum absolute atomic E-state index is 0.303. The monoisotopic (exact) mass is 552 g/mol. The minimum Gasteiger partial charge on any atom is -0.405 e. The van der Waals surface area contributed by atoms with E-state index in [2.05, 4.69) is 85.6 Å². The molecule has 0 bridgehead atoms. The van der Waals surface area contributed by atoms with Crippen LogP contribution in [0.3, 0.4) is 0 Å². The predicted molar refractivity (Wildman–Crippen MR) is 179 cm³/mol. The third-order valence-electron chi connectivity index (χ3n) is 5.85. The van der Waals surface area contributed by atoms with Crippen LogP contribution < -0.4 is 21.7 Å². The maximum Gasteiger partial charge on any atom is 0.0663 e. The molecule has 2 aromatic rings. The van der Waals surface area contributed by atoms with Gasteiger partial charge in [-0.2, -0.15) is 5.10 Å². The van der Waals surface area contributed by atoms with E-state index in [-0.39, 0.29) is 0 Å². The molecule has 0 saturated heterocycles. The number of hydrogen-bond acceptors (Lipinski definition) is 5. The lowest BCUT2D eigenvalue weighted by Crippen LogP contribution is -2.13. The average molecular weight is 553 g/mol. The molecule has 1 atom stereocenters. The van der Waals surface area contributed by atoms with Crippen molar-refractivity contribution in [2.45, 2.75) is 53.1 Å². The standard InChI is InChI=1S/C25H33N5.C10H15N/c1-6-20(4)28-23-14-11-13-22(16-23)18-30-25(19(3)12-9-8-10-15-26)24(17-27-7-2)21(5)29-30;1-5-7-10(11-6-2)8-9(3)4/h6-11,13-16,19,27-28H,1-2,4,12,17-18,26H2,3,5H3;5-8,11H,1-2H2,3-4H3/b9-8+,15-10-;10-7+. The summed E-state index contributed by atoms with van der Waals surface area (Å²) in [5, 5.41) is 14.3. The average Bonchev–Trinajstić information content (AvgIpc) is 3.24. The SMILES string of the molecule is C=C/C=C(\C=C(C)C)NC=C.C=CNCc1c(C)nn(Cc2cccc(NC(=C)C=C)c2)c1C(C)C/C=C/C=C\N. The van der Waals surface area contributed by atoms with Crippen LogP contribution in [-0.4, -0.2) is 9.78 Å². The van der Waals surface area contributed by atoms with Crippen LogP contribution in [0.4, 0.5) is 5.69 Å². The highest BCUT2D eigenvalue weighted by Gasteiger charge is 2.20. The number of rotatable bonds is 16. The Balaban J connectivity index is 0.000000646. The smallest absolute Gasteiger partial charge is 0.0663 e. The summed E-state index contributed by atoms with van der Waals surface area (Å²) in [4.78, 5) is 0. The fourth-order valence-electron chi connectivity index (χ4n) is 4.09. The molecule has 0 saturated carbocycles. The second-order valence-corrected chi connectivity index (χ2v) is 9.62. The first kappa shape index (κ1) is 34.3. The van der Waals surface area contributed by atoms with Gasteiger partial charge in [-0.05, 0) is 87.8 Å². The Hall–Kier alpha value is -4.71. The fourth-order valence-corrected chi connectivity index (χ4v) is 4.09. The molecule has 0 aliphatic rings. The molecule has 1 unspecified atom stereocenters. The largest absolute Gasteiger partial charge is 0.405 e. The summed E-state index contributed by atoms with van der Waals surface area (Å²) in [6, 6.07) is 8.29. The Kier molecular flexibility index (Phi) is 16.2. The summed E-state index contributed by atoms with van der Waals surface area (Å²) in [7, 11) is 0. The second-order valence-electron chi connectivity index (χ2n) is 9.62. The maximum absolute atomic E-state index is 5.42. The van der Waals surface area contributed by atoms with Crippen molar-refractivity contribution in [2.24, 2.45) is 5.73 Å². The van der Waals surface area contributed by atoms with E-state index in [1.807, 2.05) is 50.3 Å². The van der Waals surface area contributed by atoms with Gasteiger partial charge >= 0.3 is 0 Å². The number of nitrogens with zero attached hydrogens (tertiary/aromatic N) is 2. The molecule has 41 heavy (non-hydrogen) atoms. The van der Waals surface area contributed by atoms with Crippen LogP contribution in [0.15, 0.2) is 135 Å². The third kappa shape index (κ3) is 12.8. The van der Waals surface area contributed by atoms with Gasteiger partial charge in [-0.25, -0.2) is 0 Å². The molecule has 1 heterocycles. The number of allylic oxidation sites excluding steroid dienone is 8. The van der Waals surface area contributed by atoms with E-state index in [1.165, 1.54) is 23.0 Å². The zero-order valence-corrected chi connectivity index (χ0v) is 25.3. The van der Waals surface area contributed by atoms with Crippen molar-refractivity contribution < 1.29 is 0 Å². The highest BCUT2D eigenvalue weighted by molar-refractivity contribution is 5.51. The van der Waals surface area contributed by atoms with Gasteiger partial charge in [-0.15, -0.1) is 0 Å². The second kappa shape index (κ2) is 19.4. The number of aryl methyl sites for hydroxylation is 1. The molecule has 0 amide bonds.